The molecule has 2 aromatic heterocycles. The number of allylic oxidation sites excluding steroid dienone is 1. The summed E-state index contributed by atoms with van der Waals surface area (Å²) in [5, 5.41) is 15.1. The van der Waals surface area contributed by atoms with Crippen molar-refractivity contribution in [3.63, 3.8) is 0 Å². The highest BCUT2D eigenvalue weighted by Gasteiger charge is 2.30. The number of carbonyl (C=O) groups excluding carboxylic acids is 1. The van der Waals surface area contributed by atoms with E-state index in [1.54, 1.807) is 12.1 Å². The van der Waals surface area contributed by atoms with Crippen LogP contribution >= 0.6 is 11.3 Å². The minimum absolute atomic E-state index is 0.134. The zero-order valence-electron chi connectivity index (χ0n) is 25.3. The van der Waals surface area contributed by atoms with Crippen LogP contribution in [0.2, 0.25) is 0 Å². The molecule has 0 atom stereocenters. The van der Waals surface area contributed by atoms with Crippen LogP contribution in [0.3, 0.4) is 0 Å². The van der Waals surface area contributed by atoms with E-state index < -0.39 is 0 Å². The molecule has 226 valence electrons. The highest BCUT2D eigenvalue weighted by atomic mass is 32.1. The number of aryl methyl sites for hydroxylation is 1. The Kier molecular flexibility index (Phi) is 9.22. The van der Waals surface area contributed by atoms with E-state index in [-0.39, 0.29) is 11.7 Å². The third kappa shape index (κ3) is 6.33. The van der Waals surface area contributed by atoms with Crippen LogP contribution in [0.25, 0.3) is 17.3 Å². The number of amides is 1. The third-order valence-corrected chi connectivity index (χ3v) is 9.38. The van der Waals surface area contributed by atoms with Gasteiger partial charge in [-0.2, -0.15) is 10.4 Å². The standard InChI is InChI=1S/C31H38FN9OS/c1-6-41-29(38(5)31-35-27(26(20-33)43-31)22-7-9-24(32)10-8-22)25(28(34-3)36-41)19-21(2)39-15-17-40(18-16-39)30(42)23-11-13-37(4)14-12-23/h7-10,19,23H,3,6,11-18H2,1-2,4-5H3/b21-19+. The molecule has 2 aliphatic heterocycles. The minimum Gasteiger partial charge on any atom is -0.371 e. The van der Waals surface area contributed by atoms with Gasteiger partial charge in [0.15, 0.2) is 10.9 Å². The van der Waals surface area contributed by atoms with E-state index in [9.17, 15) is 14.4 Å². The van der Waals surface area contributed by atoms with Crippen molar-refractivity contribution in [2.24, 2.45) is 10.9 Å². The molecule has 2 saturated heterocycles. The number of piperazine rings is 1. The quantitative estimate of drug-likeness (QED) is 0.335. The van der Waals surface area contributed by atoms with E-state index in [4.69, 9.17) is 10.1 Å². The number of aliphatic imine (C=N–C) groups is 1. The molecular weight excluding hydrogens is 565 g/mol. The molecule has 0 unspecified atom stereocenters. The smallest absolute Gasteiger partial charge is 0.225 e. The maximum atomic E-state index is 13.5. The van der Waals surface area contributed by atoms with Gasteiger partial charge in [-0.1, -0.05) is 11.3 Å². The summed E-state index contributed by atoms with van der Waals surface area (Å²) in [6.45, 7) is 13.3. The second-order valence-corrected chi connectivity index (χ2v) is 12.0. The van der Waals surface area contributed by atoms with Crippen LogP contribution in [-0.4, -0.2) is 95.5 Å². The Morgan fingerprint density at radius 3 is 2.44 bits per heavy atom. The number of halogens is 1. The van der Waals surface area contributed by atoms with Crippen molar-refractivity contribution >= 4 is 46.8 Å². The summed E-state index contributed by atoms with van der Waals surface area (Å²) in [7, 11) is 4.01. The summed E-state index contributed by atoms with van der Waals surface area (Å²) in [5.74, 6) is 1.37. The van der Waals surface area contributed by atoms with E-state index in [0.29, 0.717) is 52.6 Å². The molecule has 0 N–H and O–H groups in total. The number of carbonyl (C=O) groups is 1. The van der Waals surface area contributed by atoms with Crippen molar-refractivity contribution < 1.29 is 9.18 Å². The SMILES string of the molecule is C=Nc1nn(CC)c(N(C)c2nc(-c3ccc(F)cc3)c(C#N)s2)c1/C=C(\C)N1CCN(C(=O)C2CCN(C)CC2)CC1. The van der Waals surface area contributed by atoms with Crippen molar-refractivity contribution in [3.05, 3.63) is 46.2 Å². The summed E-state index contributed by atoms with van der Waals surface area (Å²) in [5.41, 5.74) is 3.04. The van der Waals surface area contributed by atoms with Gasteiger partial charge in [0.1, 0.15) is 28.3 Å². The normalized spacial score (nSPS) is 16.8. The fourth-order valence-electron chi connectivity index (χ4n) is 5.79. The summed E-state index contributed by atoms with van der Waals surface area (Å²) >= 11 is 1.27. The van der Waals surface area contributed by atoms with Crippen LogP contribution in [0.4, 0.5) is 21.2 Å². The molecule has 0 aliphatic carbocycles. The number of aromatic nitrogens is 3. The summed E-state index contributed by atoms with van der Waals surface area (Å²) < 4.78 is 15.4. The number of nitriles is 1. The Balaban J connectivity index is 1.38. The fourth-order valence-corrected chi connectivity index (χ4v) is 6.64. The summed E-state index contributed by atoms with van der Waals surface area (Å²) in [4.78, 5) is 31.1. The van der Waals surface area contributed by atoms with E-state index in [0.717, 1.165) is 56.1 Å². The van der Waals surface area contributed by atoms with Gasteiger partial charge in [0.25, 0.3) is 0 Å². The Morgan fingerprint density at radius 2 is 1.84 bits per heavy atom. The second-order valence-electron chi connectivity index (χ2n) is 11.1. The number of nitrogens with zero attached hydrogens (tertiary/aromatic N) is 9. The van der Waals surface area contributed by atoms with Crippen molar-refractivity contribution in [2.75, 3.05) is 58.3 Å². The average Bonchev–Trinajstić information content (AvgIpc) is 3.62. The molecular formula is C31H38FN9OS. The summed E-state index contributed by atoms with van der Waals surface area (Å²) in [6, 6.07) is 8.23. The lowest BCUT2D eigenvalue weighted by atomic mass is 9.95. The van der Waals surface area contributed by atoms with E-state index in [1.807, 2.05) is 28.5 Å². The monoisotopic (exact) mass is 603 g/mol. The highest BCUT2D eigenvalue weighted by molar-refractivity contribution is 7.16. The van der Waals surface area contributed by atoms with Crippen LogP contribution in [0.5, 0.6) is 0 Å². The van der Waals surface area contributed by atoms with Gasteiger partial charge in [0.2, 0.25) is 5.91 Å². The van der Waals surface area contributed by atoms with Gasteiger partial charge in [-0.15, -0.1) is 0 Å². The van der Waals surface area contributed by atoms with Gasteiger partial charge in [-0.05, 0) is 83.9 Å². The molecule has 10 nitrogen and oxygen atoms in total. The minimum atomic E-state index is -0.344. The van der Waals surface area contributed by atoms with Crippen molar-refractivity contribution in [2.45, 2.75) is 33.2 Å². The molecule has 5 rings (SSSR count). The Hall–Kier alpha value is -4.08. The molecule has 1 amide bonds. The van der Waals surface area contributed by atoms with Gasteiger partial charge in [0.05, 0.1) is 5.56 Å². The summed E-state index contributed by atoms with van der Waals surface area (Å²) in [6.07, 6.45) is 3.94. The van der Waals surface area contributed by atoms with Gasteiger partial charge < -0.3 is 19.6 Å². The first-order chi connectivity index (χ1) is 20.7. The molecule has 4 heterocycles. The molecule has 43 heavy (non-hydrogen) atoms. The zero-order chi connectivity index (χ0) is 30.7. The molecule has 0 radical (unpaired) electrons. The van der Waals surface area contributed by atoms with Gasteiger partial charge >= 0.3 is 0 Å². The van der Waals surface area contributed by atoms with E-state index >= 15 is 0 Å². The molecule has 2 fully saturated rings. The molecule has 2 aliphatic rings. The maximum Gasteiger partial charge on any atom is 0.225 e. The zero-order valence-corrected chi connectivity index (χ0v) is 26.1. The molecule has 0 bridgehead atoms. The lowest BCUT2D eigenvalue weighted by Crippen LogP contribution is -2.50. The first-order valence-electron chi connectivity index (χ1n) is 14.6. The number of likely N-dealkylation sites (tertiary alicyclic amines) is 1. The van der Waals surface area contributed by atoms with Crippen LogP contribution in [-0.2, 0) is 11.3 Å². The van der Waals surface area contributed by atoms with Crippen LogP contribution in [0.1, 0.15) is 37.1 Å². The lowest BCUT2D eigenvalue weighted by molar-refractivity contribution is -0.138. The maximum absolute atomic E-state index is 13.5. The number of hydrogen-bond acceptors (Lipinski definition) is 9. The van der Waals surface area contributed by atoms with E-state index in [2.05, 4.69) is 47.6 Å². The van der Waals surface area contributed by atoms with Crippen molar-refractivity contribution in [1.29, 1.82) is 5.26 Å². The molecule has 12 heteroatoms. The molecule has 0 spiro atoms. The van der Waals surface area contributed by atoms with Crippen molar-refractivity contribution in [3.8, 4) is 17.3 Å². The first kappa shape index (κ1) is 30.4. The predicted octanol–water partition coefficient (Wildman–Crippen LogP) is 4.98. The predicted molar refractivity (Wildman–Crippen MR) is 169 cm³/mol. The fraction of sp³-hybridized carbons (Fsp3) is 0.452. The van der Waals surface area contributed by atoms with Crippen LogP contribution in [0, 0.1) is 23.1 Å². The lowest BCUT2D eigenvalue weighted by Gasteiger charge is -2.39. The topological polar surface area (TPSA) is 96.9 Å². The number of benzene rings is 1. The highest BCUT2D eigenvalue weighted by Crippen LogP contribution is 2.39. The van der Waals surface area contributed by atoms with Gasteiger partial charge in [-0.25, -0.2) is 19.0 Å². The number of rotatable bonds is 8. The van der Waals surface area contributed by atoms with E-state index in [1.165, 1.54) is 23.5 Å². The third-order valence-electron chi connectivity index (χ3n) is 8.34. The Morgan fingerprint density at radius 1 is 1.19 bits per heavy atom. The average molecular weight is 604 g/mol. The van der Waals surface area contributed by atoms with Gasteiger partial charge in [-0.3, -0.25) is 4.79 Å². The van der Waals surface area contributed by atoms with Crippen molar-refractivity contribution in [1.82, 2.24) is 29.5 Å². The number of piperidine rings is 1. The number of hydrogen-bond donors (Lipinski definition) is 0. The second kappa shape index (κ2) is 13.1. The van der Waals surface area contributed by atoms with Crippen LogP contribution in [0.15, 0.2) is 35.0 Å². The Labute approximate surface area is 256 Å². The number of anilines is 2. The number of thiazole rings is 1. The van der Waals surface area contributed by atoms with Crippen LogP contribution < -0.4 is 4.90 Å². The molecule has 1 aromatic carbocycles. The largest absolute Gasteiger partial charge is 0.371 e. The Bertz CT molecular complexity index is 1540. The first-order valence-corrected chi connectivity index (χ1v) is 15.4. The molecule has 3 aromatic rings. The molecule has 0 saturated carbocycles. The van der Waals surface area contributed by atoms with Gasteiger partial charge in [0, 0.05) is 56.9 Å².